The fourth-order valence-corrected chi connectivity index (χ4v) is 1.86. The molecule has 90 valence electrons. The Labute approximate surface area is 103 Å². The molecule has 0 atom stereocenters. The van der Waals surface area contributed by atoms with Crippen LogP contribution in [0.15, 0.2) is 18.2 Å². The molecule has 0 saturated carbocycles. The van der Waals surface area contributed by atoms with Crippen LogP contribution in [0.2, 0.25) is 5.02 Å². The van der Waals surface area contributed by atoms with Gasteiger partial charge in [0.2, 0.25) is 0 Å². The molecule has 2 nitrogen and oxygen atoms in total. The monoisotopic (exact) mass is 241 g/mol. The summed E-state index contributed by atoms with van der Waals surface area (Å²) in [6.07, 6.45) is 3.46. The molecule has 0 aliphatic heterocycles. The minimum Gasteiger partial charge on any atom is -0.492 e. The third-order valence-corrected chi connectivity index (χ3v) is 2.73. The molecule has 0 aliphatic carbocycles. The Bertz CT molecular complexity index is 315. The van der Waals surface area contributed by atoms with Gasteiger partial charge < -0.3 is 10.1 Å². The summed E-state index contributed by atoms with van der Waals surface area (Å²) in [4.78, 5) is 0. The zero-order valence-corrected chi connectivity index (χ0v) is 10.8. The van der Waals surface area contributed by atoms with Crippen LogP contribution < -0.4 is 10.1 Å². The predicted octanol–water partition coefficient (Wildman–Crippen LogP) is 3.28. The maximum atomic E-state index is 6.11. The number of ether oxygens (including phenoxy) is 1. The summed E-state index contributed by atoms with van der Waals surface area (Å²) in [5, 5.41) is 3.86. The van der Waals surface area contributed by atoms with E-state index in [1.54, 1.807) is 0 Å². The van der Waals surface area contributed by atoms with E-state index in [0.29, 0.717) is 11.6 Å². The Morgan fingerprint density at radius 3 is 2.75 bits per heavy atom. The SMILES string of the molecule is CCOc1ccc(CCCCNC)cc1Cl. The maximum absolute atomic E-state index is 6.11. The zero-order valence-electron chi connectivity index (χ0n) is 10.1. The van der Waals surface area contributed by atoms with Gasteiger partial charge in [0.05, 0.1) is 11.6 Å². The van der Waals surface area contributed by atoms with Crippen LogP contribution in [0.1, 0.15) is 25.3 Å². The normalized spacial score (nSPS) is 10.4. The molecule has 0 fully saturated rings. The third kappa shape index (κ3) is 4.42. The van der Waals surface area contributed by atoms with Gasteiger partial charge in [-0.05, 0) is 57.5 Å². The molecule has 3 heteroatoms. The third-order valence-electron chi connectivity index (χ3n) is 2.44. The highest BCUT2D eigenvalue weighted by molar-refractivity contribution is 6.32. The van der Waals surface area contributed by atoms with E-state index in [4.69, 9.17) is 16.3 Å². The lowest BCUT2D eigenvalue weighted by Crippen LogP contribution is -2.07. The van der Waals surface area contributed by atoms with Crippen LogP contribution in [0, 0.1) is 0 Å². The lowest BCUT2D eigenvalue weighted by Gasteiger charge is -2.07. The molecule has 1 aromatic rings. The zero-order chi connectivity index (χ0) is 11.8. The highest BCUT2D eigenvalue weighted by atomic mass is 35.5. The van der Waals surface area contributed by atoms with E-state index in [1.807, 2.05) is 26.1 Å². The standard InChI is InChI=1S/C13H20ClNO/c1-3-16-13-8-7-11(10-12(13)14)6-4-5-9-15-2/h7-8,10,15H,3-6,9H2,1-2H3. The average molecular weight is 242 g/mol. The molecule has 1 aromatic carbocycles. The predicted molar refractivity (Wildman–Crippen MR) is 69.5 cm³/mol. The summed E-state index contributed by atoms with van der Waals surface area (Å²) < 4.78 is 5.39. The van der Waals surface area contributed by atoms with Crippen LogP contribution in [0.5, 0.6) is 5.75 Å². The summed E-state index contributed by atoms with van der Waals surface area (Å²) in [6, 6.07) is 6.06. The number of nitrogens with one attached hydrogen (secondary N) is 1. The molecule has 0 saturated heterocycles. The van der Waals surface area contributed by atoms with E-state index < -0.39 is 0 Å². The van der Waals surface area contributed by atoms with Gasteiger partial charge in [-0.15, -0.1) is 0 Å². The highest BCUT2D eigenvalue weighted by Gasteiger charge is 2.02. The second kappa shape index (κ2) is 7.53. The topological polar surface area (TPSA) is 21.3 Å². The van der Waals surface area contributed by atoms with Crippen LogP contribution >= 0.6 is 11.6 Å². The van der Waals surface area contributed by atoms with E-state index >= 15 is 0 Å². The average Bonchev–Trinajstić information content (AvgIpc) is 2.28. The Balaban J connectivity index is 2.46. The molecule has 1 N–H and O–H groups in total. The molecule has 0 unspecified atom stereocenters. The minimum absolute atomic E-state index is 0.654. The van der Waals surface area contributed by atoms with E-state index in [-0.39, 0.29) is 0 Å². The number of hydrogen-bond donors (Lipinski definition) is 1. The highest BCUT2D eigenvalue weighted by Crippen LogP contribution is 2.25. The largest absolute Gasteiger partial charge is 0.492 e. The van der Waals surface area contributed by atoms with Gasteiger partial charge in [0.1, 0.15) is 5.75 Å². The van der Waals surface area contributed by atoms with Crippen LogP contribution in [-0.4, -0.2) is 20.2 Å². The van der Waals surface area contributed by atoms with Crippen molar-refractivity contribution in [3.63, 3.8) is 0 Å². The van der Waals surface area contributed by atoms with Gasteiger partial charge in [0, 0.05) is 0 Å². The van der Waals surface area contributed by atoms with Crippen molar-refractivity contribution in [2.75, 3.05) is 20.2 Å². The van der Waals surface area contributed by atoms with E-state index in [9.17, 15) is 0 Å². The molecule has 1 rings (SSSR count). The number of hydrogen-bond acceptors (Lipinski definition) is 2. The lowest BCUT2D eigenvalue weighted by molar-refractivity contribution is 0.340. The first-order chi connectivity index (χ1) is 7.77. The summed E-state index contributed by atoms with van der Waals surface area (Å²) in [6.45, 7) is 3.69. The first kappa shape index (κ1) is 13.3. The molecule has 0 aromatic heterocycles. The van der Waals surface area contributed by atoms with Crippen molar-refractivity contribution in [3.05, 3.63) is 28.8 Å². The fraction of sp³-hybridized carbons (Fsp3) is 0.538. The van der Waals surface area contributed by atoms with Gasteiger partial charge in [-0.1, -0.05) is 17.7 Å². The lowest BCUT2D eigenvalue weighted by atomic mass is 10.1. The summed E-state index contributed by atoms with van der Waals surface area (Å²) in [5.74, 6) is 0.781. The van der Waals surface area contributed by atoms with Crippen LogP contribution in [0.25, 0.3) is 0 Å². The molecule has 0 aliphatic rings. The van der Waals surface area contributed by atoms with Gasteiger partial charge in [-0.25, -0.2) is 0 Å². The molecule has 16 heavy (non-hydrogen) atoms. The fourth-order valence-electron chi connectivity index (χ4n) is 1.60. The van der Waals surface area contributed by atoms with Gasteiger partial charge >= 0.3 is 0 Å². The van der Waals surface area contributed by atoms with Crippen molar-refractivity contribution < 1.29 is 4.74 Å². The van der Waals surface area contributed by atoms with Crippen molar-refractivity contribution in [2.24, 2.45) is 0 Å². The van der Waals surface area contributed by atoms with Crippen molar-refractivity contribution in [2.45, 2.75) is 26.2 Å². The molecule has 0 spiro atoms. The Morgan fingerprint density at radius 1 is 1.31 bits per heavy atom. The van der Waals surface area contributed by atoms with Gasteiger partial charge in [-0.2, -0.15) is 0 Å². The van der Waals surface area contributed by atoms with Crippen molar-refractivity contribution in [1.29, 1.82) is 0 Å². The smallest absolute Gasteiger partial charge is 0.137 e. The van der Waals surface area contributed by atoms with Gasteiger partial charge in [0.25, 0.3) is 0 Å². The number of unbranched alkanes of at least 4 members (excludes halogenated alkanes) is 1. The molecular formula is C13H20ClNO. The second-order valence-electron chi connectivity index (χ2n) is 3.76. The molecular weight excluding hydrogens is 222 g/mol. The number of rotatable bonds is 7. The molecule has 0 radical (unpaired) electrons. The Kier molecular flexibility index (Phi) is 6.27. The molecule has 0 amide bonds. The van der Waals surface area contributed by atoms with Crippen LogP contribution in [0.3, 0.4) is 0 Å². The van der Waals surface area contributed by atoms with E-state index in [1.165, 1.54) is 18.4 Å². The van der Waals surface area contributed by atoms with E-state index in [2.05, 4.69) is 11.4 Å². The minimum atomic E-state index is 0.654. The summed E-state index contributed by atoms with van der Waals surface area (Å²) >= 11 is 6.11. The number of benzene rings is 1. The maximum Gasteiger partial charge on any atom is 0.137 e. The second-order valence-corrected chi connectivity index (χ2v) is 4.17. The Morgan fingerprint density at radius 2 is 2.12 bits per heavy atom. The number of aryl methyl sites for hydroxylation is 1. The first-order valence-corrected chi connectivity index (χ1v) is 6.21. The van der Waals surface area contributed by atoms with E-state index in [0.717, 1.165) is 18.7 Å². The van der Waals surface area contributed by atoms with Gasteiger partial charge in [-0.3, -0.25) is 0 Å². The van der Waals surface area contributed by atoms with Crippen molar-refractivity contribution >= 4 is 11.6 Å². The molecule has 0 bridgehead atoms. The van der Waals surface area contributed by atoms with Crippen molar-refractivity contribution in [3.8, 4) is 5.75 Å². The number of halogens is 1. The Hall–Kier alpha value is -0.730. The quantitative estimate of drug-likeness (QED) is 0.740. The van der Waals surface area contributed by atoms with Crippen molar-refractivity contribution in [1.82, 2.24) is 5.32 Å². The first-order valence-electron chi connectivity index (χ1n) is 5.83. The summed E-state index contributed by atoms with van der Waals surface area (Å²) in [7, 11) is 1.98. The molecule has 0 heterocycles. The summed E-state index contributed by atoms with van der Waals surface area (Å²) in [5.41, 5.74) is 1.28. The van der Waals surface area contributed by atoms with Crippen LogP contribution in [-0.2, 0) is 6.42 Å². The van der Waals surface area contributed by atoms with Gasteiger partial charge in [0.15, 0.2) is 0 Å². The van der Waals surface area contributed by atoms with Crippen LogP contribution in [0.4, 0.5) is 0 Å².